The number of rotatable bonds is 4. The maximum absolute atomic E-state index is 12.4. The fourth-order valence-electron chi connectivity index (χ4n) is 2.55. The molecule has 0 aromatic heterocycles. The van der Waals surface area contributed by atoms with Gasteiger partial charge in [0.15, 0.2) is 0 Å². The number of ether oxygens (including phenoxy) is 1. The summed E-state index contributed by atoms with van der Waals surface area (Å²) in [6.07, 6.45) is 1.50. The number of esters is 1. The topological polar surface area (TPSA) is 66.9 Å². The fourth-order valence-corrected chi connectivity index (χ4v) is 3.64. The molecule has 0 saturated carbocycles. The Morgan fingerprint density at radius 3 is 2.62 bits per heavy atom. The molecular formula is C14H20N2O4S. The monoisotopic (exact) mass is 312 g/mol. The highest BCUT2D eigenvalue weighted by Crippen LogP contribution is 2.32. The number of sulfonamides is 1. The SMILES string of the molecule is COC(=O)C1CCCN1c1ccccc1S(=O)(=O)N(C)C. The van der Waals surface area contributed by atoms with Crippen LogP contribution >= 0.6 is 0 Å². The van der Waals surface area contributed by atoms with Gasteiger partial charge in [0.1, 0.15) is 10.9 Å². The highest BCUT2D eigenvalue weighted by atomic mass is 32.2. The molecule has 1 atom stereocenters. The van der Waals surface area contributed by atoms with Gasteiger partial charge in [0.2, 0.25) is 10.0 Å². The van der Waals surface area contributed by atoms with E-state index in [0.29, 0.717) is 18.7 Å². The van der Waals surface area contributed by atoms with E-state index < -0.39 is 16.1 Å². The molecule has 0 amide bonds. The van der Waals surface area contributed by atoms with Crippen molar-refractivity contribution in [3.05, 3.63) is 24.3 Å². The maximum atomic E-state index is 12.4. The molecule has 116 valence electrons. The zero-order chi connectivity index (χ0) is 15.6. The van der Waals surface area contributed by atoms with Crippen molar-refractivity contribution in [2.24, 2.45) is 0 Å². The third kappa shape index (κ3) is 2.89. The van der Waals surface area contributed by atoms with Crippen LogP contribution in [0.15, 0.2) is 29.2 Å². The lowest BCUT2D eigenvalue weighted by molar-refractivity contribution is -0.141. The largest absolute Gasteiger partial charge is 0.467 e. The smallest absolute Gasteiger partial charge is 0.328 e. The maximum Gasteiger partial charge on any atom is 0.328 e. The molecule has 6 nitrogen and oxygen atoms in total. The molecule has 1 aromatic rings. The van der Waals surface area contributed by atoms with Crippen molar-refractivity contribution in [3.8, 4) is 0 Å². The van der Waals surface area contributed by atoms with E-state index in [1.807, 2.05) is 4.90 Å². The Kier molecular flexibility index (Phi) is 4.53. The molecule has 1 heterocycles. The van der Waals surface area contributed by atoms with Crippen molar-refractivity contribution < 1.29 is 17.9 Å². The van der Waals surface area contributed by atoms with E-state index in [9.17, 15) is 13.2 Å². The Balaban J connectivity index is 2.48. The van der Waals surface area contributed by atoms with Gasteiger partial charge in [-0.3, -0.25) is 0 Å². The van der Waals surface area contributed by atoms with Gasteiger partial charge in [0.05, 0.1) is 12.8 Å². The predicted molar refractivity (Wildman–Crippen MR) is 79.7 cm³/mol. The van der Waals surface area contributed by atoms with E-state index in [0.717, 1.165) is 6.42 Å². The Morgan fingerprint density at radius 1 is 1.33 bits per heavy atom. The lowest BCUT2D eigenvalue weighted by Gasteiger charge is -2.27. The van der Waals surface area contributed by atoms with Crippen molar-refractivity contribution >= 4 is 21.7 Å². The van der Waals surface area contributed by atoms with Gasteiger partial charge in [-0.1, -0.05) is 12.1 Å². The number of hydrogen-bond donors (Lipinski definition) is 0. The molecule has 0 spiro atoms. The van der Waals surface area contributed by atoms with Crippen molar-refractivity contribution in [1.29, 1.82) is 0 Å². The summed E-state index contributed by atoms with van der Waals surface area (Å²) in [6.45, 7) is 0.639. The highest BCUT2D eigenvalue weighted by Gasteiger charge is 2.34. The molecule has 0 radical (unpaired) electrons. The van der Waals surface area contributed by atoms with Crippen molar-refractivity contribution in [1.82, 2.24) is 4.31 Å². The Hall–Kier alpha value is -1.60. The third-order valence-corrected chi connectivity index (χ3v) is 5.52. The van der Waals surface area contributed by atoms with E-state index in [2.05, 4.69) is 0 Å². The summed E-state index contributed by atoms with van der Waals surface area (Å²) in [6, 6.07) is 6.34. The molecular weight excluding hydrogens is 292 g/mol. The van der Waals surface area contributed by atoms with Gasteiger partial charge in [0.25, 0.3) is 0 Å². The Bertz CT molecular complexity index is 628. The molecule has 2 rings (SSSR count). The van der Waals surface area contributed by atoms with Gasteiger partial charge in [-0.05, 0) is 25.0 Å². The van der Waals surface area contributed by atoms with Crippen LogP contribution in [-0.4, -0.2) is 52.5 Å². The number of nitrogens with zero attached hydrogens (tertiary/aromatic N) is 2. The minimum Gasteiger partial charge on any atom is -0.467 e. The second kappa shape index (κ2) is 6.03. The van der Waals surface area contributed by atoms with Crippen LogP contribution in [0.3, 0.4) is 0 Å². The van der Waals surface area contributed by atoms with Gasteiger partial charge in [-0.2, -0.15) is 0 Å². The molecule has 0 bridgehead atoms. The Morgan fingerprint density at radius 2 is 2.00 bits per heavy atom. The minimum atomic E-state index is -3.56. The molecule has 7 heteroatoms. The van der Waals surface area contributed by atoms with Crippen LogP contribution in [0, 0.1) is 0 Å². The lowest BCUT2D eigenvalue weighted by atomic mass is 10.2. The predicted octanol–water partition coefficient (Wildman–Crippen LogP) is 1.08. The van der Waals surface area contributed by atoms with Crippen LogP contribution in [0.25, 0.3) is 0 Å². The van der Waals surface area contributed by atoms with Crippen LogP contribution in [0.2, 0.25) is 0 Å². The van der Waals surface area contributed by atoms with Crippen LogP contribution in [0.4, 0.5) is 5.69 Å². The average Bonchev–Trinajstić information content (AvgIpc) is 2.95. The number of benzene rings is 1. The van der Waals surface area contributed by atoms with E-state index in [4.69, 9.17) is 4.74 Å². The van der Waals surface area contributed by atoms with Crippen LogP contribution in [-0.2, 0) is 19.6 Å². The third-order valence-electron chi connectivity index (χ3n) is 3.66. The van der Waals surface area contributed by atoms with Gasteiger partial charge in [-0.25, -0.2) is 17.5 Å². The van der Waals surface area contributed by atoms with Crippen LogP contribution in [0.1, 0.15) is 12.8 Å². The molecule has 1 aliphatic heterocycles. The lowest BCUT2D eigenvalue weighted by Crippen LogP contribution is -2.38. The molecule has 1 aromatic carbocycles. The number of anilines is 1. The molecule has 1 fully saturated rings. The molecule has 0 N–H and O–H groups in total. The first-order valence-electron chi connectivity index (χ1n) is 6.75. The van der Waals surface area contributed by atoms with Crippen LogP contribution < -0.4 is 4.90 Å². The van der Waals surface area contributed by atoms with Crippen molar-refractivity contribution in [2.45, 2.75) is 23.8 Å². The van der Waals surface area contributed by atoms with E-state index >= 15 is 0 Å². The number of hydrogen-bond acceptors (Lipinski definition) is 5. The normalized spacial score (nSPS) is 19.0. The van der Waals surface area contributed by atoms with E-state index in [-0.39, 0.29) is 10.9 Å². The number of methoxy groups -OCH3 is 1. The first-order valence-corrected chi connectivity index (χ1v) is 8.19. The molecule has 1 saturated heterocycles. The summed E-state index contributed by atoms with van der Waals surface area (Å²) in [5.74, 6) is -0.329. The van der Waals surface area contributed by atoms with Gasteiger partial charge in [0, 0.05) is 20.6 Å². The quantitative estimate of drug-likeness (QED) is 0.778. The molecule has 21 heavy (non-hydrogen) atoms. The zero-order valence-electron chi connectivity index (χ0n) is 12.4. The second-order valence-electron chi connectivity index (χ2n) is 5.13. The Labute approximate surface area is 125 Å². The fraction of sp³-hybridized carbons (Fsp3) is 0.500. The first kappa shape index (κ1) is 15.8. The minimum absolute atomic E-state index is 0.214. The number of carbonyl (C=O) groups excluding carboxylic acids is 1. The summed E-state index contributed by atoms with van der Waals surface area (Å²) in [7, 11) is 0.775. The van der Waals surface area contributed by atoms with Crippen LogP contribution in [0.5, 0.6) is 0 Å². The van der Waals surface area contributed by atoms with E-state index in [1.54, 1.807) is 24.3 Å². The van der Waals surface area contributed by atoms with Gasteiger partial charge in [-0.15, -0.1) is 0 Å². The summed E-state index contributed by atoms with van der Waals surface area (Å²) in [5.41, 5.74) is 0.555. The highest BCUT2D eigenvalue weighted by molar-refractivity contribution is 7.89. The average molecular weight is 312 g/mol. The summed E-state index contributed by atoms with van der Waals surface area (Å²) in [4.78, 5) is 13.9. The number of para-hydroxylation sites is 1. The standard InChI is InChI=1S/C14H20N2O4S/c1-15(2)21(18,19)13-9-5-4-7-11(13)16-10-6-8-12(16)14(17)20-3/h4-5,7,9,12H,6,8,10H2,1-3H3. The molecule has 0 aliphatic carbocycles. The molecule has 1 unspecified atom stereocenters. The van der Waals surface area contributed by atoms with E-state index in [1.165, 1.54) is 25.5 Å². The first-order chi connectivity index (χ1) is 9.89. The summed E-state index contributed by atoms with van der Waals surface area (Å²) < 4.78 is 30.9. The molecule has 1 aliphatic rings. The summed E-state index contributed by atoms with van der Waals surface area (Å²) >= 11 is 0. The van der Waals surface area contributed by atoms with Crippen molar-refractivity contribution in [3.63, 3.8) is 0 Å². The number of carbonyl (C=O) groups is 1. The van der Waals surface area contributed by atoms with Gasteiger partial charge >= 0.3 is 5.97 Å². The second-order valence-corrected chi connectivity index (χ2v) is 7.25. The summed E-state index contributed by atoms with van der Waals surface area (Å²) in [5, 5.41) is 0. The van der Waals surface area contributed by atoms with Crippen molar-refractivity contribution in [2.75, 3.05) is 32.6 Å². The van der Waals surface area contributed by atoms with Gasteiger partial charge < -0.3 is 9.64 Å². The zero-order valence-corrected chi connectivity index (χ0v) is 13.3.